The van der Waals surface area contributed by atoms with Gasteiger partial charge in [-0.15, -0.1) is 0 Å². The van der Waals surface area contributed by atoms with Crippen LogP contribution in [0.15, 0.2) is 6.07 Å². The molecule has 1 aromatic carbocycles. The highest BCUT2D eigenvalue weighted by molar-refractivity contribution is 6.31. The van der Waals surface area contributed by atoms with Gasteiger partial charge in [0.2, 0.25) is 0 Å². The molecule has 0 atom stereocenters. The van der Waals surface area contributed by atoms with Crippen molar-refractivity contribution in [1.29, 1.82) is 0 Å². The van der Waals surface area contributed by atoms with Crippen molar-refractivity contribution >= 4 is 11.6 Å². The van der Waals surface area contributed by atoms with Gasteiger partial charge in [0, 0.05) is 35.0 Å². The molecule has 1 fully saturated rings. The van der Waals surface area contributed by atoms with Gasteiger partial charge in [-0.25, -0.2) is 0 Å². The van der Waals surface area contributed by atoms with Gasteiger partial charge in [-0.3, -0.25) is 0 Å². The van der Waals surface area contributed by atoms with E-state index in [9.17, 15) is 0 Å². The fraction of sp³-hybridized carbons (Fsp3) is 0.647. The average Bonchev–Trinajstić information content (AvgIpc) is 2.73. The first kappa shape index (κ1) is 15.0. The Morgan fingerprint density at radius 3 is 2.57 bits per heavy atom. The lowest BCUT2D eigenvalue weighted by Crippen LogP contribution is -2.38. The predicted molar refractivity (Wildman–Crippen MR) is 85.6 cm³/mol. The lowest BCUT2D eigenvalue weighted by atomic mass is 9.68. The highest BCUT2D eigenvalue weighted by Crippen LogP contribution is 2.48. The van der Waals surface area contributed by atoms with Crippen LogP contribution in [0.25, 0.3) is 0 Å². The molecule has 0 spiro atoms. The van der Waals surface area contributed by atoms with Crippen LogP contribution < -0.4 is 15.2 Å². The van der Waals surface area contributed by atoms with Gasteiger partial charge >= 0.3 is 0 Å². The standard InChI is InChI=1S/C17H24ClNO2/c1-12-15(17(11-19)6-3-2-4-7-17)13(18)10-14-16(12)21-9-5-8-20-14/h10H,2-9,11,19H2,1H3. The van der Waals surface area contributed by atoms with Crippen molar-refractivity contribution < 1.29 is 9.47 Å². The van der Waals surface area contributed by atoms with Gasteiger partial charge in [0.1, 0.15) is 0 Å². The zero-order valence-electron chi connectivity index (χ0n) is 12.7. The number of benzene rings is 1. The molecule has 0 amide bonds. The van der Waals surface area contributed by atoms with Crippen LogP contribution in [0.3, 0.4) is 0 Å². The number of halogens is 1. The van der Waals surface area contributed by atoms with Crippen molar-refractivity contribution in [3.8, 4) is 11.5 Å². The van der Waals surface area contributed by atoms with Crippen molar-refractivity contribution in [2.24, 2.45) is 5.73 Å². The van der Waals surface area contributed by atoms with Crippen LogP contribution >= 0.6 is 11.6 Å². The maximum absolute atomic E-state index is 6.63. The first-order valence-electron chi connectivity index (χ1n) is 7.97. The molecule has 1 saturated carbocycles. The Labute approximate surface area is 131 Å². The van der Waals surface area contributed by atoms with Crippen molar-refractivity contribution in [2.75, 3.05) is 19.8 Å². The summed E-state index contributed by atoms with van der Waals surface area (Å²) in [6.45, 7) is 4.13. The SMILES string of the molecule is Cc1c2c(cc(Cl)c1C1(CN)CCCCC1)OCCCO2. The predicted octanol–water partition coefficient (Wildman–Crippen LogP) is 3.97. The third-order valence-corrected chi connectivity index (χ3v) is 5.26. The summed E-state index contributed by atoms with van der Waals surface area (Å²) in [6, 6.07) is 1.93. The Hall–Kier alpha value is -0.930. The molecule has 0 bridgehead atoms. The summed E-state index contributed by atoms with van der Waals surface area (Å²) >= 11 is 6.63. The maximum atomic E-state index is 6.63. The minimum atomic E-state index is 0.00408. The minimum Gasteiger partial charge on any atom is -0.489 e. The molecule has 4 heteroatoms. The number of ether oxygens (including phenoxy) is 2. The Balaban J connectivity index is 2.11. The van der Waals surface area contributed by atoms with Crippen molar-refractivity contribution in [2.45, 2.75) is 50.9 Å². The van der Waals surface area contributed by atoms with Gasteiger partial charge in [-0.1, -0.05) is 30.9 Å². The third-order valence-electron chi connectivity index (χ3n) is 4.96. The van der Waals surface area contributed by atoms with E-state index in [2.05, 4.69) is 6.92 Å². The van der Waals surface area contributed by atoms with Crippen molar-refractivity contribution in [3.63, 3.8) is 0 Å². The molecule has 1 aliphatic heterocycles. The van der Waals surface area contributed by atoms with Crippen LogP contribution in [0, 0.1) is 6.92 Å². The van der Waals surface area contributed by atoms with Crippen LogP contribution in [0.2, 0.25) is 5.02 Å². The van der Waals surface area contributed by atoms with E-state index < -0.39 is 0 Å². The Morgan fingerprint density at radius 1 is 1.14 bits per heavy atom. The summed E-state index contributed by atoms with van der Waals surface area (Å²) in [4.78, 5) is 0. The van der Waals surface area contributed by atoms with E-state index in [-0.39, 0.29) is 5.41 Å². The first-order valence-corrected chi connectivity index (χ1v) is 8.35. The van der Waals surface area contributed by atoms with Crippen LogP contribution in [0.1, 0.15) is 49.7 Å². The van der Waals surface area contributed by atoms with E-state index >= 15 is 0 Å². The second kappa shape index (κ2) is 6.05. The molecular weight excluding hydrogens is 286 g/mol. The van der Waals surface area contributed by atoms with E-state index in [1.165, 1.54) is 24.8 Å². The number of rotatable bonds is 2. The van der Waals surface area contributed by atoms with Crippen LogP contribution in [0.5, 0.6) is 11.5 Å². The van der Waals surface area contributed by atoms with Gasteiger partial charge in [0.05, 0.1) is 13.2 Å². The second-order valence-corrected chi connectivity index (χ2v) is 6.69. The smallest absolute Gasteiger partial charge is 0.164 e. The molecule has 0 aromatic heterocycles. The van der Waals surface area contributed by atoms with Crippen molar-refractivity contribution in [1.82, 2.24) is 0 Å². The quantitative estimate of drug-likeness (QED) is 0.899. The Bertz CT molecular complexity index is 524. The average molecular weight is 310 g/mol. The molecule has 21 heavy (non-hydrogen) atoms. The third kappa shape index (κ3) is 2.62. The summed E-state index contributed by atoms with van der Waals surface area (Å²) in [7, 11) is 0. The monoisotopic (exact) mass is 309 g/mol. The van der Waals surface area contributed by atoms with E-state index in [1.54, 1.807) is 0 Å². The molecule has 2 N–H and O–H groups in total. The van der Waals surface area contributed by atoms with Crippen LogP contribution in [0.4, 0.5) is 0 Å². The van der Waals surface area contributed by atoms with Gasteiger partial charge in [0.15, 0.2) is 11.5 Å². The molecule has 3 nitrogen and oxygen atoms in total. The first-order chi connectivity index (χ1) is 10.2. The van der Waals surface area contributed by atoms with Gasteiger partial charge < -0.3 is 15.2 Å². The van der Waals surface area contributed by atoms with Gasteiger partial charge in [-0.05, 0) is 25.3 Å². The van der Waals surface area contributed by atoms with E-state index in [0.29, 0.717) is 19.8 Å². The summed E-state index contributed by atoms with van der Waals surface area (Å²) < 4.78 is 11.7. The molecule has 116 valence electrons. The zero-order valence-corrected chi connectivity index (χ0v) is 13.5. The summed E-state index contributed by atoms with van der Waals surface area (Å²) in [6.07, 6.45) is 6.88. The lowest BCUT2D eigenvalue weighted by molar-refractivity contribution is 0.291. The van der Waals surface area contributed by atoms with Crippen LogP contribution in [-0.2, 0) is 5.41 Å². The molecule has 2 aliphatic rings. The fourth-order valence-electron chi connectivity index (χ4n) is 3.87. The number of fused-ring (bicyclic) bond motifs is 1. The van der Waals surface area contributed by atoms with Gasteiger partial charge in [0.25, 0.3) is 0 Å². The Morgan fingerprint density at radius 2 is 1.86 bits per heavy atom. The van der Waals surface area contributed by atoms with Crippen molar-refractivity contribution in [3.05, 3.63) is 22.2 Å². The zero-order chi connectivity index (χ0) is 14.9. The molecular formula is C17H24ClNO2. The molecule has 1 aliphatic carbocycles. The molecule has 0 saturated heterocycles. The molecule has 3 rings (SSSR count). The normalized spacial score (nSPS) is 20.9. The lowest BCUT2D eigenvalue weighted by Gasteiger charge is -2.39. The molecule has 0 unspecified atom stereocenters. The van der Waals surface area contributed by atoms with Gasteiger partial charge in [-0.2, -0.15) is 0 Å². The topological polar surface area (TPSA) is 44.5 Å². The highest BCUT2D eigenvalue weighted by Gasteiger charge is 2.37. The molecule has 1 heterocycles. The largest absolute Gasteiger partial charge is 0.489 e. The minimum absolute atomic E-state index is 0.00408. The number of nitrogens with two attached hydrogens (primary N) is 1. The summed E-state index contributed by atoms with van der Waals surface area (Å²) in [5.41, 5.74) is 8.50. The second-order valence-electron chi connectivity index (χ2n) is 6.28. The number of hydrogen-bond acceptors (Lipinski definition) is 3. The van der Waals surface area contributed by atoms with Crippen LogP contribution in [-0.4, -0.2) is 19.8 Å². The fourth-order valence-corrected chi connectivity index (χ4v) is 4.31. The Kier molecular flexibility index (Phi) is 4.32. The summed E-state index contributed by atoms with van der Waals surface area (Å²) in [5.74, 6) is 1.65. The maximum Gasteiger partial charge on any atom is 0.164 e. The molecule has 0 radical (unpaired) electrons. The van der Waals surface area contributed by atoms with E-state index in [0.717, 1.165) is 41.3 Å². The van der Waals surface area contributed by atoms with E-state index in [4.69, 9.17) is 26.8 Å². The summed E-state index contributed by atoms with van der Waals surface area (Å²) in [5, 5.41) is 0.782. The van der Waals surface area contributed by atoms with E-state index in [1.807, 2.05) is 6.07 Å². The molecule has 1 aromatic rings. The highest BCUT2D eigenvalue weighted by atomic mass is 35.5. The number of hydrogen-bond donors (Lipinski definition) is 1.